The van der Waals surface area contributed by atoms with E-state index in [1.165, 1.54) is 11.1 Å². The van der Waals surface area contributed by atoms with Gasteiger partial charge in [-0.1, -0.05) is 60.7 Å². The smallest absolute Gasteiger partial charge is 0.258 e. The second-order valence-electron chi connectivity index (χ2n) is 5.47. The molecule has 3 nitrogen and oxygen atoms in total. The molecule has 0 unspecified atom stereocenters. The Morgan fingerprint density at radius 3 is 1.74 bits per heavy atom. The van der Waals surface area contributed by atoms with Crippen molar-refractivity contribution in [3.8, 4) is 11.1 Å². The molecule has 23 heavy (non-hydrogen) atoms. The predicted molar refractivity (Wildman–Crippen MR) is 91.9 cm³/mol. The lowest BCUT2D eigenvalue weighted by Gasteiger charge is -2.04. The molecule has 0 saturated heterocycles. The van der Waals surface area contributed by atoms with E-state index < -0.39 is 0 Å². The SMILES string of the molecule is O=[N+]([O-])c1ccccc1C=C1c2ccccc2-c2ccccc21. The summed E-state index contributed by atoms with van der Waals surface area (Å²) in [5.74, 6) is 0. The molecule has 1 aliphatic carbocycles. The van der Waals surface area contributed by atoms with Crippen molar-refractivity contribution in [2.24, 2.45) is 0 Å². The van der Waals surface area contributed by atoms with E-state index in [4.69, 9.17) is 0 Å². The van der Waals surface area contributed by atoms with E-state index in [0.717, 1.165) is 16.7 Å². The lowest BCUT2D eigenvalue weighted by molar-refractivity contribution is -0.385. The van der Waals surface area contributed by atoms with Crippen LogP contribution in [0.2, 0.25) is 0 Å². The molecule has 0 N–H and O–H groups in total. The molecule has 3 aromatic rings. The topological polar surface area (TPSA) is 43.1 Å². The lowest BCUT2D eigenvalue weighted by atomic mass is 10.0. The Kier molecular flexibility index (Phi) is 3.05. The second-order valence-corrected chi connectivity index (χ2v) is 5.47. The van der Waals surface area contributed by atoms with Gasteiger partial charge in [0.2, 0.25) is 0 Å². The zero-order valence-corrected chi connectivity index (χ0v) is 12.3. The summed E-state index contributed by atoms with van der Waals surface area (Å²) < 4.78 is 0. The van der Waals surface area contributed by atoms with Gasteiger partial charge in [-0.2, -0.15) is 0 Å². The Morgan fingerprint density at radius 1 is 0.696 bits per heavy atom. The number of hydrogen-bond donors (Lipinski definition) is 0. The highest BCUT2D eigenvalue weighted by atomic mass is 16.6. The zero-order valence-electron chi connectivity index (χ0n) is 12.3. The van der Waals surface area contributed by atoms with Gasteiger partial charge < -0.3 is 0 Å². The van der Waals surface area contributed by atoms with Gasteiger partial charge in [0.15, 0.2) is 0 Å². The number of nitrogens with zero attached hydrogens (tertiary/aromatic N) is 1. The van der Waals surface area contributed by atoms with E-state index in [9.17, 15) is 10.1 Å². The highest BCUT2D eigenvalue weighted by Crippen LogP contribution is 2.45. The van der Waals surface area contributed by atoms with Crippen molar-refractivity contribution in [1.82, 2.24) is 0 Å². The van der Waals surface area contributed by atoms with Crippen molar-refractivity contribution in [2.75, 3.05) is 0 Å². The number of para-hydroxylation sites is 1. The van der Waals surface area contributed by atoms with E-state index >= 15 is 0 Å². The van der Waals surface area contributed by atoms with Gasteiger partial charge in [0.1, 0.15) is 0 Å². The Morgan fingerprint density at radius 2 is 1.17 bits per heavy atom. The van der Waals surface area contributed by atoms with Crippen LogP contribution < -0.4 is 0 Å². The van der Waals surface area contributed by atoms with Crippen LogP contribution in [0.1, 0.15) is 16.7 Å². The van der Waals surface area contributed by atoms with Crippen LogP contribution in [0.25, 0.3) is 22.8 Å². The van der Waals surface area contributed by atoms with Crippen molar-refractivity contribution in [1.29, 1.82) is 0 Å². The number of rotatable bonds is 2. The molecular formula is C20H13NO2. The fraction of sp³-hybridized carbons (Fsp3) is 0. The van der Waals surface area contributed by atoms with E-state index in [0.29, 0.717) is 5.56 Å². The number of nitro groups is 1. The fourth-order valence-electron chi connectivity index (χ4n) is 3.14. The van der Waals surface area contributed by atoms with Crippen molar-refractivity contribution in [3.05, 3.63) is 99.6 Å². The molecule has 3 aromatic carbocycles. The van der Waals surface area contributed by atoms with Gasteiger partial charge in [-0.25, -0.2) is 0 Å². The Balaban J connectivity index is 1.98. The number of benzene rings is 3. The third-order valence-corrected chi connectivity index (χ3v) is 4.16. The molecule has 3 heteroatoms. The molecule has 0 aromatic heterocycles. The van der Waals surface area contributed by atoms with E-state index in [2.05, 4.69) is 24.3 Å². The molecule has 0 bridgehead atoms. The first-order valence-electron chi connectivity index (χ1n) is 7.40. The maximum atomic E-state index is 11.3. The minimum Gasteiger partial charge on any atom is -0.258 e. The summed E-state index contributed by atoms with van der Waals surface area (Å²) >= 11 is 0. The summed E-state index contributed by atoms with van der Waals surface area (Å²) in [6.07, 6.45) is 1.92. The summed E-state index contributed by atoms with van der Waals surface area (Å²) in [6, 6.07) is 23.2. The minimum atomic E-state index is -0.334. The average molecular weight is 299 g/mol. The van der Waals surface area contributed by atoms with Gasteiger partial charge in [0, 0.05) is 6.07 Å². The molecule has 0 radical (unpaired) electrons. The largest absolute Gasteiger partial charge is 0.276 e. The number of fused-ring (bicyclic) bond motifs is 3. The first kappa shape index (κ1) is 13.5. The van der Waals surface area contributed by atoms with Crippen LogP contribution in [-0.2, 0) is 0 Å². The molecule has 0 aliphatic heterocycles. The van der Waals surface area contributed by atoms with Crippen molar-refractivity contribution >= 4 is 17.3 Å². The van der Waals surface area contributed by atoms with Gasteiger partial charge in [0.05, 0.1) is 10.5 Å². The van der Waals surface area contributed by atoms with E-state index in [-0.39, 0.29) is 10.6 Å². The number of hydrogen-bond acceptors (Lipinski definition) is 2. The van der Waals surface area contributed by atoms with Crippen molar-refractivity contribution in [3.63, 3.8) is 0 Å². The molecule has 0 atom stereocenters. The zero-order chi connectivity index (χ0) is 15.8. The Labute approximate surface area is 133 Å². The quantitative estimate of drug-likeness (QED) is 0.379. The molecule has 0 fully saturated rings. The van der Waals surface area contributed by atoms with Crippen LogP contribution in [0.5, 0.6) is 0 Å². The molecule has 110 valence electrons. The van der Waals surface area contributed by atoms with Gasteiger partial charge in [-0.05, 0) is 40.0 Å². The molecule has 0 amide bonds. The van der Waals surface area contributed by atoms with Gasteiger partial charge in [0.25, 0.3) is 5.69 Å². The highest BCUT2D eigenvalue weighted by molar-refractivity contribution is 6.06. The van der Waals surface area contributed by atoms with Crippen LogP contribution in [0.15, 0.2) is 72.8 Å². The molecule has 0 heterocycles. The molecule has 0 spiro atoms. The molecule has 4 rings (SSSR count). The molecule has 0 saturated carbocycles. The summed E-state index contributed by atoms with van der Waals surface area (Å²) in [5, 5.41) is 11.3. The third-order valence-electron chi connectivity index (χ3n) is 4.16. The van der Waals surface area contributed by atoms with Crippen LogP contribution >= 0.6 is 0 Å². The fourth-order valence-corrected chi connectivity index (χ4v) is 3.14. The average Bonchev–Trinajstić information content (AvgIpc) is 2.90. The highest BCUT2D eigenvalue weighted by Gasteiger charge is 2.23. The summed E-state index contributed by atoms with van der Waals surface area (Å²) in [7, 11) is 0. The maximum absolute atomic E-state index is 11.3. The monoisotopic (exact) mass is 299 g/mol. The van der Waals surface area contributed by atoms with Crippen molar-refractivity contribution in [2.45, 2.75) is 0 Å². The maximum Gasteiger partial charge on any atom is 0.276 e. The summed E-state index contributed by atoms with van der Waals surface area (Å²) in [5.41, 5.74) is 6.37. The second kappa shape index (κ2) is 5.21. The van der Waals surface area contributed by atoms with Gasteiger partial charge in [-0.3, -0.25) is 10.1 Å². The predicted octanol–water partition coefficient (Wildman–Crippen LogP) is 5.16. The summed E-state index contributed by atoms with van der Waals surface area (Å²) in [4.78, 5) is 10.9. The van der Waals surface area contributed by atoms with Gasteiger partial charge in [-0.15, -0.1) is 0 Å². The van der Waals surface area contributed by atoms with E-state index in [1.807, 2.05) is 36.4 Å². The molecule has 1 aliphatic rings. The minimum absolute atomic E-state index is 0.127. The van der Waals surface area contributed by atoms with Gasteiger partial charge >= 0.3 is 0 Å². The van der Waals surface area contributed by atoms with E-state index in [1.54, 1.807) is 18.2 Å². The first-order chi connectivity index (χ1) is 11.3. The summed E-state index contributed by atoms with van der Waals surface area (Å²) in [6.45, 7) is 0. The number of nitro benzene ring substituents is 1. The van der Waals surface area contributed by atoms with Crippen LogP contribution in [0.4, 0.5) is 5.69 Å². The third kappa shape index (κ3) is 2.14. The molecular weight excluding hydrogens is 286 g/mol. The lowest BCUT2D eigenvalue weighted by Crippen LogP contribution is -1.91. The Hall–Kier alpha value is -3.20. The van der Waals surface area contributed by atoms with Crippen LogP contribution in [-0.4, -0.2) is 4.92 Å². The first-order valence-corrected chi connectivity index (χ1v) is 7.40. The van der Waals surface area contributed by atoms with Crippen LogP contribution in [0.3, 0.4) is 0 Å². The van der Waals surface area contributed by atoms with Crippen molar-refractivity contribution < 1.29 is 4.92 Å². The standard InChI is InChI=1S/C20H13NO2/c22-21(23)20-12-6-1-7-14(20)13-19-17-10-4-2-8-15(17)16-9-3-5-11-18(16)19/h1-13H. The normalized spacial score (nSPS) is 11.7. The van der Waals surface area contributed by atoms with Crippen LogP contribution in [0, 0.1) is 10.1 Å². The Bertz CT molecular complexity index is 910.